The highest BCUT2D eigenvalue weighted by Gasteiger charge is 1.99. The van der Waals surface area contributed by atoms with Gasteiger partial charge in [0.15, 0.2) is 0 Å². The number of rotatable bonds is 13. The van der Waals surface area contributed by atoms with Gasteiger partial charge in [0.25, 0.3) is 0 Å². The second-order valence-electron chi connectivity index (χ2n) is 5.46. The molecular weight excluding hydrogens is 272 g/mol. The molecule has 1 aromatic carbocycles. The lowest BCUT2D eigenvalue weighted by Gasteiger charge is -2.09. The minimum absolute atomic E-state index is 0.788. The first-order chi connectivity index (χ1) is 10.9. The van der Waals surface area contributed by atoms with Crippen LogP contribution >= 0.6 is 0 Å². The molecule has 2 heteroatoms. The van der Waals surface area contributed by atoms with E-state index in [2.05, 4.69) is 32.1 Å². The third kappa shape index (κ3) is 8.89. The Hall–Kier alpha value is -1.28. The van der Waals surface area contributed by atoms with Crippen LogP contribution in [0.1, 0.15) is 57.4 Å². The van der Waals surface area contributed by atoms with Crippen LogP contribution in [0.3, 0.4) is 0 Å². The van der Waals surface area contributed by atoms with Gasteiger partial charge in [0.2, 0.25) is 0 Å². The first kappa shape index (κ1) is 18.8. The van der Waals surface area contributed by atoms with Crippen LogP contribution in [-0.4, -0.2) is 19.8 Å². The first-order valence-electron chi connectivity index (χ1n) is 8.63. The second kappa shape index (κ2) is 13.4. The fraction of sp³-hybridized carbons (Fsp3) is 0.550. The summed E-state index contributed by atoms with van der Waals surface area (Å²) in [6, 6.07) is 8.22. The average molecular weight is 303 g/mol. The van der Waals surface area contributed by atoms with E-state index in [1.165, 1.54) is 12.8 Å². The average Bonchev–Trinajstić information content (AvgIpc) is 2.55. The Morgan fingerprint density at radius 1 is 1.00 bits per heavy atom. The van der Waals surface area contributed by atoms with E-state index in [0.717, 1.165) is 63.2 Å². The minimum atomic E-state index is 0.788. The van der Waals surface area contributed by atoms with Gasteiger partial charge in [0.05, 0.1) is 6.61 Å². The molecule has 0 N–H and O–H groups in total. The molecule has 0 unspecified atom stereocenters. The van der Waals surface area contributed by atoms with E-state index in [1.807, 2.05) is 18.2 Å². The van der Waals surface area contributed by atoms with E-state index in [0.29, 0.717) is 0 Å². The standard InChI is InChI=1S/C20H31O2/c1-3-5-8-13-19-14-9-10-15-20(19)22-18-12-7-6-11-17-21-16-4-2/h8-10,13-15H,1,3-7,11-12,16-18H2,2H3/b13-8+. The molecule has 0 bridgehead atoms. The summed E-state index contributed by atoms with van der Waals surface area (Å²) >= 11 is 0. The quantitative estimate of drug-likeness (QED) is 0.436. The Morgan fingerprint density at radius 3 is 2.55 bits per heavy atom. The zero-order valence-corrected chi connectivity index (χ0v) is 14.1. The third-order valence-corrected chi connectivity index (χ3v) is 3.38. The molecule has 0 heterocycles. The molecule has 0 saturated carbocycles. The van der Waals surface area contributed by atoms with Gasteiger partial charge in [-0.15, -0.1) is 0 Å². The van der Waals surface area contributed by atoms with Crippen LogP contribution in [0.2, 0.25) is 0 Å². The van der Waals surface area contributed by atoms with Gasteiger partial charge >= 0.3 is 0 Å². The van der Waals surface area contributed by atoms with Gasteiger partial charge in [-0.05, 0) is 44.6 Å². The summed E-state index contributed by atoms with van der Waals surface area (Å²) in [6.45, 7) is 8.57. The Kier molecular flexibility index (Phi) is 11.4. The minimum Gasteiger partial charge on any atom is -0.493 e. The second-order valence-corrected chi connectivity index (χ2v) is 5.46. The van der Waals surface area contributed by atoms with Gasteiger partial charge in [-0.1, -0.05) is 50.6 Å². The summed E-state index contributed by atoms with van der Waals surface area (Å²) in [5.74, 6) is 0.981. The van der Waals surface area contributed by atoms with Crippen LogP contribution in [0.4, 0.5) is 0 Å². The maximum atomic E-state index is 5.91. The lowest BCUT2D eigenvalue weighted by atomic mass is 10.1. The molecule has 1 rings (SSSR count). The largest absolute Gasteiger partial charge is 0.493 e. The maximum Gasteiger partial charge on any atom is 0.126 e. The summed E-state index contributed by atoms with van der Waals surface area (Å²) < 4.78 is 11.4. The zero-order chi connectivity index (χ0) is 15.9. The van der Waals surface area contributed by atoms with Crippen molar-refractivity contribution in [2.24, 2.45) is 0 Å². The van der Waals surface area contributed by atoms with E-state index >= 15 is 0 Å². The van der Waals surface area contributed by atoms with Gasteiger partial charge in [0.1, 0.15) is 5.75 Å². The molecule has 0 fully saturated rings. The number of ether oxygens (including phenoxy) is 2. The van der Waals surface area contributed by atoms with Gasteiger partial charge in [-0.3, -0.25) is 0 Å². The van der Waals surface area contributed by atoms with Crippen molar-refractivity contribution < 1.29 is 9.47 Å². The molecule has 0 aliphatic rings. The van der Waals surface area contributed by atoms with Gasteiger partial charge < -0.3 is 9.47 Å². The number of allylic oxidation sites excluding steroid dienone is 1. The van der Waals surface area contributed by atoms with Gasteiger partial charge in [-0.2, -0.15) is 0 Å². The van der Waals surface area contributed by atoms with Crippen molar-refractivity contribution >= 4 is 6.08 Å². The third-order valence-electron chi connectivity index (χ3n) is 3.38. The smallest absolute Gasteiger partial charge is 0.126 e. The van der Waals surface area contributed by atoms with Crippen LogP contribution in [0, 0.1) is 6.92 Å². The molecule has 0 atom stereocenters. The van der Waals surface area contributed by atoms with Crippen molar-refractivity contribution in [1.82, 2.24) is 0 Å². The molecule has 0 spiro atoms. The lowest BCUT2D eigenvalue weighted by molar-refractivity contribution is 0.130. The summed E-state index contributed by atoms with van der Waals surface area (Å²) in [4.78, 5) is 0. The molecule has 0 aliphatic carbocycles. The van der Waals surface area contributed by atoms with Crippen LogP contribution in [0.5, 0.6) is 5.75 Å². The Morgan fingerprint density at radius 2 is 1.77 bits per heavy atom. The summed E-state index contributed by atoms with van der Waals surface area (Å²) in [6.07, 6.45) is 12.0. The molecule has 2 nitrogen and oxygen atoms in total. The monoisotopic (exact) mass is 303 g/mol. The van der Waals surface area contributed by atoms with E-state index in [9.17, 15) is 0 Å². The topological polar surface area (TPSA) is 18.5 Å². The predicted molar refractivity (Wildman–Crippen MR) is 95.1 cm³/mol. The number of hydrogen-bond acceptors (Lipinski definition) is 2. The highest BCUT2D eigenvalue weighted by Crippen LogP contribution is 2.20. The fourth-order valence-corrected chi connectivity index (χ4v) is 2.17. The van der Waals surface area contributed by atoms with Crippen molar-refractivity contribution in [3.63, 3.8) is 0 Å². The molecule has 1 aromatic rings. The lowest BCUT2D eigenvalue weighted by Crippen LogP contribution is -2.00. The Bertz CT molecular complexity index is 398. The summed E-state index contributed by atoms with van der Waals surface area (Å²) in [5.41, 5.74) is 1.16. The number of unbranched alkanes of at least 4 members (excludes halogenated alkanes) is 4. The summed E-state index contributed by atoms with van der Waals surface area (Å²) in [5, 5.41) is 0. The van der Waals surface area contributed by atoms with E-state index in [-0.39, 0.29) is 0 Å². The van der Waals surface area contributed by atoms with Crippen LogP contribution in [-0.2, 0) is 4.74 Å². The highest BCUT2D eigenvalue weighted by atomic mass is 16.5. The highest BCUT2D eigenvalue weighted by molar-refractivity contribution is 5.57. The summed E-state index contributed by atoms with van der Waals surface area (Å²) in [7, 11) is 0. The van der Waals surface area contributed by atoms with Crippen LogP contribution < -0.4 is 4.74 Å². The van der Waals surface area contributed by atoms with Gasteiger partial charge in [-0.25, -0.2) is 0 Å². The molecule has 0 aliphatic heterocycles. The normalized spacial score (nSPS) is 11.2. The van der Waals surface area contributed by atoms with Crippen molar-refractivity contribution in [2.45, 2.75) is 51.9 Å². The Labute approximate surface area is 136 Å². The maximum absolute atomic E-state index is 5.91. The van der Waals surface area contributed by atoms with Crippen LogP contribution in [0.25, 0.3) is 6.08 Å². The van der Waals surface area contributed by atoms with Crippen molar-refractivity contribution in [3.8, 4) is 5.75 Å². The molecule has 22 heavy (non-hydrogen) atoms. The van der Waals surface area contributed by atoms with E-state index in [4.69, 9.17) is 9.47 Å². The Balaban J connectivity index is 2.16. The molecule has 0 aromatic heterocycles. The molecular formula is C20H31O2. The molecule has 0 saturated heterocycles. The SMILES string of the molecule is [CH2]CC/C=C/c1ccccc1OCCCCCCOCCC. The van der Waals surface area contributed by atoms with E-state index in [1.54, 1.807) is 0 Å². The zero-order valence-electron chi connectivity index (χ0n) is 14.1. The van der Waals surface area contributed by atoms with E-state index < -0.39 is 0 Å². The molecule has 123 valence electrons. The number of para-hydroxylation sites is 1. The number of benzene rings is 1. The van der Waals surface area contributed by atoms with Gasteiger partial charge in [0, 0.05) is 18.8 Å². The fourth-order valence-electron chi connectivity index (χ4n) is 2.17. The number of hydrogen-bond donors (Lipinski definition) is 0. The van der Waals surface area contributed by atoms with Crippen molar-refractivity contribution in [3.05, 3.63) is 42.8 Å². The van der Waals surface area contributed by atoms with Crippen molar-refractivity contribution in [2.75, 3.05) is 19.8 Å². The first-order valence-corrected chi connectivity index (χ1v) is 8.63. The van der Waals surface area contributed by atoms with Crippen LogP contribution in [0.15, 0.2) is 30.3 Å². The molecule has 0 amide bonds. The van der Waals surface area contributed by atoms with Crippen molar-refractivity contribution in [1.29, 1.82) is 0 Å². The predicted octanol–water partition coefficient (Wildman–Crippen LogP) is 5.68. The molecule has 1 radical (unpaired) electrons.